The molecule has 3 aromatic carbocycles. The number of likely N-dealkylation sites (N-methyl/N-ethyl adjacent to an activating group) is 1. The number of carbonyl (C=O) groups is 2. The van der Waals surface area contributed by atoms with Gasteiger partial charge in [0.15, 0.2) is 0 Å². The van der Waals surface area contributed by atoms with Gasteiger partial charge in [-0.1, -0.05) is 29.8 Å². The van der Waals surface area contributed by atoms with Crippen LogP contribution in [0.25, 0.3) is 0 Å². The Labute approximate surface area is 204 Å². The van der Waals surface area contributed by atoms with Crippen LogP contribution >= 0.6 is 11.6 Å². The first-order valence-electron chi connectivity index (χ1n) is 11.2. The summed E-state index contributed by atoms with van der Waals surface area (Å²) >= 11 is 6.25. The van der Waals surface area contributed by atoms with Gasteiger partial charge in [-0.3, -0.25) is 9.59 Å². The zero-order valence-corrected chi connectivity index (χ0v) is 20.3. The van der Waals surface area contributed by atoms with E-state index in [0.29, 0.717) is 34.1 Å². The standard InChI is InChI=1S/C27H28ClN3O3/c1-17-6-4-5-7-22(17)26(32)30-21-9-10-23(25(16-21)34-3)27(33)31-13-12-20(29-2)15-18-14-19(28)8-11-24(18)31/h4-11,14,16,20,29H,12-13,15H2,1-3H3,(H,30,32). The minimum Gasteiger partial charge on any atom is -0.496 e. The fraction of sp³-hybridized carbons (Fsp3) is 0.259. The van der Waals surface area contributed by atoms with Crippen molar-refractivity contribution in [2.24, 2.45) is 0 Å². The van der Waals surface area contributed by atoms with Crippen molar-refractivity contribution in [1.82, 2.24) is 5.32 Å². The molecule has 1 aliphatic rings. The topological polar surface area (TPSA) is 70.7 Å². The minimum atomic E-state index is -0.212. The van der Waals surface area contributed by atoms with Crippen LogP contribution in [0.15, 0.2) is 60.7 Å². The number of fused-ring (bicyclic) bond motifs is 1. The van der Waals surface area contributed by atoms with Gasteiger partial charge in [0.05, 0.1) is 12.7 Å². The summed E-state index contributed by atoms with van der Waals surface area (Å²) in [5.74, 6) is 0.0297. The molecule has 0 aromatic heterocycles. The molecular weight excluding hydrogens is 450 g/mol. The molecule has 1 heterocycles. The fourth-order valence-corrected chi connectivity index (χ4v) is 4.52. The van der Waals surface area contributed by atoms with Crippen molar-refractivity contribution in [3.05, 3.63) is 87.9 Å². The van der Waals surface area contributed by atoms with Crippen LogP contribution in [0.1, 0.15) is 38.3 Å². The second-order valence-electron chi connectivity index (χ2n) is 8.39. The third-order valence-corrected chi connectivity index (χ3v) is 6.47. The molecule has 3 aromatic rings. The number of ether oxygens (including phenoxy) is 1. The van der Waals surface area contributed by atoms with E-state index in [0.717, 1.165) is 29.7 Å². The first-order valence-corrected chi connectivity index (χ1v) is 11.6. The number of benzene rings is 3. The molecule has 2 amide bonds. The van der Waals surface area contributed by atoms with Gasteiger partial charge in [-0.15, -0.1) is 0 Å². The number of anilines is 2. The van der Waals surface area contributed by atoms with Crippen LogP contribution in [-0.2, 0) is 6.42 Å². The molecular formula is C27H28ClN3O3. The molecule has 7 heteroatoms. The quantitative estimate of drug-likeness (QED) is 0.537. The highest BCUT2D eigenvalue weighted by atomic mass is 35.5. The molecule has 1 atom stereocenters. The number of carbonyl (C=O) groups excluding carboxylic acids is 2. The number of hydrogen-bond donors (Lipinski definition) is 2. The van der Waals surface area contributed by atoms with Gasteiger partial charge in [0.25, 0.3) is 11.8 Å². The summed E-state index contributed by atoms with van der Waals surface area (Å²) in [6, 6.07) is 18.4. The lowest BCUT2D eigenvalue weighted by Crippen LogP contribution is -2.34. The Kier molecular flexibility index (Phi) is 7.20. The van der Waals surface area contributed by atoms with Gasteiger partial charge < -0.3 is 20.3 Å². The molecule has 1 unspecified atom stereocenters. The van der Waals surface area contributed by atoms with Crippen LogP contribution in [0, 0.1) is 6.92 Å². The summed E-state index contributed by atoms with van der Waals surface area (Å²) < 4.78 is 5.56. The van der Waals surface area contributed by atoms with E-state index in [4.69, 9.17) is 16.3 Å². The van der Waals surface area contributed by atoms with Gasteiger partial charge in [0.1, 0.15) is 5.75 Å². The molecule has 0 spiro atoms. The van der Waals surface area contributed by atoms with E-state index in [1.165, 1.54) is 7.11 Å². The lowest BCUT2D eigenvalue weighted by Gasteiger charge is -2.24. The first kappa shape index (κ1) is 23.8. The average molecular weight is 478 g/mol. The average Bonchev–Trinajstić information content (AvgIpc) is 3.02. The Morgan fingerprint density at radius 3 is 2.59 bits per heavy atom. The molecule has 6 nitrogen and oxygen atoms in total. The van der Waals surface area contributed by atoms with Crippen LogP contribution < -0.4 is 20.3 Å². The number of rotatable bonds is 5. The van der Waals surface area contributed by atoms with Crippen molar-refractivity contribution in [2.45, 2.75) is 25.8 Å². The lowest BCUT2D eigenvalue weighted by molar-refractivity contribution is 0.0982. The van der Waals surface area contributed by atoms with E-state index >= 15 is 0 Å². The van der Waals surface area contributed by atoms with Crippen LogP contribution in [0.3, 0.4) is 0 Å². The van der Waals surface area contributed by atoms with Crippen molar-refractivity contribution in [1.29, 1.82) is 0 Å². The summed E-state index contributed by atoms with van der Waals surface area (Å²) in [6.45, 7) is 2.45. The van der Waals surface area contributed by atoms with Gasteiger partial charge in [-0.05, 0) is 74.3 Å². The van der Waals surface area contributed by atoms with Gasteiger partial charge in [0.2, 0.25) is 0 Å². The molecule has 0 radical (unpaired) electrons. The van der Waals surface area contributed by atoms with E-state index in [1.807, 2.05) is 50.4 Å². The smallest absolute Gasteiger partial charge is 0.262 e. The third-order valence-electron chi connectivity index (χ3n) is 6.23. The maximum absolute atomic E-state index is 13.7. The zero-order chi connectivity index (χ0) is 24.2. The number of halogens is 1. The van der Waals surface area contributed by atoms with Gasteiger partial charge >= 0.3 is 0 Å². The molecule has 0 bridgehead atoms. The van der Waals surface area contributed by atoms with Crippen molar-refractivity contribution in [2.75, 3.05) is 30.9 Å². The molecule has 4 rings (SSSR count). The van der Waals surface area contributed by atoms with Crippen LogP contribution in [-0.4, -0.2) is 38.6 Å². The Balaban J connectivity index is 1.62. The molecule has 0 aliphatic carbocycles. The molecule has 0 saturated heterocycles. The largest absolute Gasteiger partial charge is 0.496 e. The maximum Gasteiger partial charge on any atom is 0.262 e. The highest BCUT2D eigenvalue weighted by Gasteiger charge is 2.28. The van der Waals surface area contributed by atoms with Crippen molar-refractivity contribution in [3.8, 4) is 5.75 Å². The Hall–Kier alpha value is -3.35. The second-order valence-corrected chi connectivity index (χ2v) is 8.83. The van der Waals surface area contributed by atoms with Crippen molar-refractivity contribution < 1.29 is 14.3 Å². The normalized spacial score (nSPS) is 15.3. The van der Waals surface area contributed by atoms with Gasteiger partial charge in [-0.25, -0.2) is 0 Å². The predicted octanol–water partition coefficient (Wildman–Crippen LogP) is 5.09. The van der Waals surface area contributed by atoms with Crippen molar-refractivity contribution in [3.63, 3.8) is 0 Å². The molecule has 1 aliphatic heterocycles. The zero-order valence-electron chi connectivity index (χ0n) is 19.5. The Bertz CT molecular complexity index is 1230. The third kappa shape index (κ3) is 4.93. The van der Waals surface area contributed by atoms with E-state index in [2.05, 4.69) is 10.6 Å². The highest BCUT2D eigenvalue weighted by Crippen LogP contribution is 2.33. The van der Waals surface area contributed by atoms with E-state index in [1.54, 1.807) is 29.2 Å². The maximum atomic E-state index is 13.7. The number of aryl methyl sites for hydroxylation is 1. The SMILES string of the molecule is CNC1CCN(C(=O)c2ccc(NC(=O)c3ccccc3C)cc2OC)c2ccc(Cl)cc2C1. The van der Waals surface area contributed by atoms with Gasteiger partial charge in [0, 0.05) is 40.6 Å². The fourth-order valence-electron chi connectivity index (χ4n) is 4.33. The second kappa shape index (κ2) is 10.3. The van der Waals surface area contributed by atoms with Crippen molar-refractivity contribution >= 4 is 34.8 Å². The summed E-state index contributed by atoms with van der Waals surface area (Å²) in [4.78, 5) is 28.2. The van der Waals surface area contributed by atoms with Crippen LogP contribution in [0.4, 0.5) is 11.4 Å². The highest BCUT2D eigenvalue weighted by molar-refractivity contribution is 6.30. The summed E-state index contributed by atoms with van der Waals surface area (Å²) in [5.41, 5.74) is 4.35. The number of amides is 2. The van der Waals surface area contributed by atoms with Crippen LogP contribution in [0.2, 0.25) is 5.02 Å². The lowest BCUT2D eigenvalue weighted by atomic mass is 10.0. The molecule has 0 saturated carbocycles. The number of hydrogen-bond acceptors (Lipinski definition) is 4. The molecule has 176 valence electrons. The summed E-state index contributed by atoms with van der Waals surface area (Å²) in [7, 11) is 3.45. The summed E-state index contributed by atoms with van der Waals surface area (Å²) in [6.07, 6.45) is 1.60. The van der Waals surface area contributed by atoms with E-state index in [-0.39, 0.29) is 17.9 Å². The Morgan fingerprint density at radius 2 is 1.85 bits per heavy atom. The van der Waals surface area contributed by atoms with Crippen LogP contribution in [0.5, 0.6) is 5.75 Å². The number of nitrogens with zero attached hydrogens (tertiary/aromatic N) is 1. The molecule has 2 N–H and O–H groups in total. The minimum absolute atomic E-state index is 0.158. The van der Waals surface area contributed by atoms with Gasteiger partial charge in [-0.2, -0.15) is 0 Å². The molecule has 0 fully saturated rings. The Morgan fingerprint density at radius 1 is 1.06 bits per heavy atom. The first-order chi connectivity index (χ1) is 16.4. The number of nitrogens with one attached hydrogen (secondary N) is 2. The van der Waals surface area contributed by atoms with E-state index in [9.17, 15) is 9.59 Å². The predicted molar refractivity (Wildman–Crippen MR) is 136 cm³/mol. The number of methoxy groups -OCH3 is 1. The monoisotopic (exact) mass is 477 g/mol. The molecule has 34 heavy (non-hydrogen) atoms. The van der Waals surface area contributed by atoms with E-state index < -0.39 is 0 Å². The summed E-state index contributed by atoms with van der Waals surface area (Å²) in [5, 5.41) is 6.87.